The highest BCUT2D eigenvalue weighted by atomic mass is 15.1. The van der Waals surface area contributed by atoms with Crippen LogP contribution in [0, 0.1) is 0 Å². The first-order chi connectivity index (χ1) is 52.3. The van der Waals surface area contributed by atoms with Gasteiger partial charge in [0.2, 0.25) is 0 Å². The molecule has 0 saturated heterocycles. The number of nitrogens with zero attached hydrogens (tertiary/aromatic N) is 6. The Bertz CT molecular complexity index is 3620. The number of benzene rings is 5. The summed E-state index contributed by atoms with van der Waals surface area (Å²) in [6, 6.07) is 35.0. The predicted octanol–water partition coefficient (Wildman–Crippen LogP) is 36.9. The van der Waals surface area contributed by atoms with Gasteiger partial charge in [0, 0.05) is 46.2 Å². The van der Waals surface area contributed by atoms with E-state index in [0.29, 0.717) is 82.9 Å². The Balaban J connectivity index is -0.000000159. The number of aromatic amines is 3. The van der Waals surface area contributed by atoms with Gasteiger partial charge in [-0.25, -0.2) is 0 Å². The number of nitrogens with one attached hydrogen (secondary N) is 3. The molecular formula is C107H191N9. The summed E-state index contributed by atoms with van der Waals surface area (Å²) in [6.07, 6.45) is 11.5. The molecule has 0 spiro atoms. The van der Waals surface area contributed by atoms with Gasteiger partial charge in [0.1, 0.15) is 0 Å². The second-order valence-corrected chi connectivity index (χ2v) is 30.6. The van der Waals surface area contributed by atoms with Gasteiger partial charge in [-0.05, 0) is 203 Å². The molecule has 11 rings (SSSR count). The second-order valence-electron chi connectivity index (χ2n) is 30.6. The molecule has 9 heteroatoms. The van der Waals surface area contributed by atoms with Crippen molar-refractivity contribution in [3.63, 3.8) is 0 Å². The van der Waals surface area contributed by atoms with E-state index in [2.05, 4.69) is 324 Å². The standard InChI is InChI=1S/C14H19N.3C13H18N2.C12H18.2C11H17N.7C2H6.6CH4/c1-9(2)13-5-11-7-15-8-12(11)6-14(13)10(3)4;1-8(2)11-5-10-7-14-15-13(10)6-12(11)9(3)4;2*1-8(2)10-5-6-12-11(7-14-15-12)13(10)9(3)4;1-9(2)11-7-5-6-8-12(11)10(3)4;2*1-8(2)10-6-5-7-12-11(10)9(3)4;7*1-2;;;;;;/h5-7,9-10H,8H2,1-4H3;3*5-9H,1-4H3,(H,14,15);5-10H,1-4H3;2*5-9H,1-4H3;7*1-2H3;6*1H4. The van der Waals surface area contributed by atoms with Gasteiger partial charge in [0.05, 0.1) is 41.7 Å². The Morgan fingerprint density at radius 1 is 0.259 bits per heavy atom. The zero-order valence-electron chi connectivity index (χ0n) is 78.7. The summed E-state index contributed by atoms with van der Waals surface area (Å²) in [5, 5.41) is 25.2. The van der Waals surface area contributed by atoms with Gasteiger partial charge in [0.25, 0.3) is 0 Å². The number of hydrogen-bond donors (Lipinski definition) is 3. The van der Waals surface area contributed by atoms with Crippen LogP contribution in [0.5, 0.6) is 0 Å². The smallest absolute Gasteiger partial charge is 0.0653 e. The number of aliphatic imine (C=N–C) groups is 1. The first-order valence-corrected chi connectivity index (χ1v) is 43.3. The summed E-state index contributed by atoms with van der Waals surface area (Å²) in [6.45, 7) is 91.4. The molecular weight excluding hydrogens is 1410 g/mol. The number of pyridine rings is 2. The van der Waals surface area contributed by atoms with Crippen LogP contribution in [0.4, 0.5) is 0 Å². The van der Waals surface area contributed by atoms with Crippen molar-refractivity contribution in [2.45, 2.75) is 425 Å². The molecule has 0 aliphatic carbocycles. The lowest BCUT2D eigenvalue weighted by Gasteiger charge is -2.17. The number of hydrogen-bond acceptors (Lipinski definition) is 6. The van der Waals surface area contributed by atoms with Crippen LogP contribution >= 0.6 is 0 Å². The Kier molecular flexibility index (Phi) is 75.8. The molecule has 0 fully saturated rings. The van der Waals surface area contributed by atoms with Crippen molar-refractivity contribution >= 4 is 38.9 Å². The van der Waals surface area contributed by atoms with E-state index in [1.54, 1.807) is 0 Å². The largest absolute Gasteiger partial charge is 0.288 e. The van der Waals surface area contributed by atoms with E-state index < -0.39 is 0 Å². The van der Waals surface area contributed by atoms with E-state index in [-0.39, 0.29) is 44.6 Å². The average Bonchev–Trinajstić information content (AvgIpc) is 1.63. The van der Waals surface area contributed by atoms with Crippen LogP contribution in [0.25, 0.3) is 32.7 Å². The third kappa shape index (κ3) is 40.3. The topological polar surface area (TPSA) is 124 Å². The van der Waals surface area contributed by atoms with Gasteiger partial charge in [-0.3, -0.25) is 30.3 Å². The SMILES string of the molecule is C.C.C.C.C.C.CC.CC.CC.CC.CC.CC.CC.CC(C)c1cc2c(cc1C(C)C)CN=C2.CC(C)c1cc2cn[nH]c2cc1C(C)C.CC(C)c1ccc2[nH]ncc2c1C(C)C.CC(C)c1ccc2[nH]ncc2c1C(C)C.CC(C)c1ccccc1C(C)C.CC(C)c1cccnc1C(C)C.CC(C)c1cccnc1C(C)C. The molecule has 1 aliphatic heterocycles. The molecule has 6 heterocycles. The van der Waals surface area contributed by atoms with Gasteiger partial charge in [-0.1, -0.05) is 390 Å². The Morgan fingerprint density at radius 2 is 0.543 bits per heavy atom. The molecule has 664 valence electrons. The molecule has 0 atom stereocenters. The van der Waals surface area contributed by atoms with Crippen molar-refractivity contribution in [1.29, 1.82) is 0 Å². The van der Waals surface area contributed by atoms with Crippen LogP contribution in [0.1, 0.15) is 507 Å². The van der Waals surface area contributed by atoms with Crippen LogP contribution in [-0.2, 0) is 6.54 Å². The van der Waals surface area contributed by atoms with E-state index in [9.17, 15) is 0 Å². The lowest BCUT2D eigenvalue weighted by Crippen LogP contribution is -2.01. The normalized spacial score (nSPS) is 10.2. The molecule has 5 aromatic carbocycles. The monoisotopic (exact) mass is 1600 g/mol. The van der Waals surface area contributed by atoms with Crippen LogP contribution in [-0.4, -0.2) is 46.8 Å². The second kappa shape index (κ2) is 69.4. The molecule has 116 heavy (non-hydrogen) atoms. The van der Waals surface area contributed by atoms with Gasteiger partial charge >= 0.3 is 0 Å². The minimum atomic E-state index is 0. The van der Waals surface area contributed by atoms with Crippen LogP contribution in [0.2, 0.25) is 0 Å². The van der Waals surface area contributed by atoms with Crippen LogP contribution in [0.3, 0.4) is 0 Å². The van der Waals surface area contributed by atoms with Crippen molar-refractivity contribution in [2.75, 3.05) is 0 Å². The fourth-order valence-electron chi connectivity index (χ4n) is 13.0. The van der Waals surface area contributed by atoms with E-state index >= 15 is 0 Å². The maximum atomic E-state index is 4.40. The van der Waals surface area contributed by atoms with Gasteiger partial charge in [-0.2, -0.15) is 15.3 Å². The lowest BCUT2D eigenvalue weighted by atomic mass is 9.87. The van der Waals surface area contributed by atoms with E-state index in [0.717, 1.165) is 23.1 Å². The molecule has 10 aromatic rings. The maximum Gasteiger partial charge on any atom is 0.0653 e. The molecule has 5 aromatic heterocycles. The molecule has 0 radical (unpaired) electrons. The highest BCUT2D eigenvalue weighted by molar-refractivity contribution is 5.86. The maximum absolute atomic E-state index is 4.40. The summed E-state index contributed by atoms with van der Waals surface area (Å²) in [7, 11) is 0. The summed E-state index contributed by atoms with van der Waals surface area (Å²) >= 11 is 0. The lowest BCUT2D eigenvalue weighted by molar-refractivity contribution is 0.757. The average molecular weight is 1600 g/mol. The van der Waals surface area contributed by atoms with Crippen LogP contribution < -0.4 is 0 Å². The molecule has 0 saturated carbocycles. The van der Waals surface area contributed by atoms with Gasteiger partial charge in [-0.15, -0.1) is 0 Å². The Morgan fingerprint density at radius 3 is 0.845 bits per heavy atom. The summed E-state index contributed by atoms with van der Waals surface area (Å²) in [5.74, 6) is 8.08. The van der Waals surface area contributed by atoms with E-state index in [1.165, 1.54) is 105 Å². The van der Waals surface area contributed by atoms with Crippen LogP contribution in [0.15, 0.2) is 133 Å². The molecule has 0 unspecified atom stereocenters. The van der Waals surface area contributed by atoms with Crippen molar-refractivity contribution < 1.29 is 0 Å². The summed E-state index contributed by atoms with van der Waals surface area (Å²) in [4.78, 5) is 13.1. The van der Waals surface area contributed by atoms with E-state index in [1.807, 2.05) is 146 Å². The van der Waals surface area contributed by atoms with Crippen molar-refractivity contribution in [2.24, 2.45) is 4.99 Å². The quantitative estimate of drug-likeness (QED) is 0.100. The third-order valence-electron chi connectivity index (χ3n) is 18.1. The first-order valence-electron chi connectivity index (χ1n) is 43.3. The number of H-pyrrole nitrogens is 3. The Hall–Kier alpha value is -7.52. The van der Waals surface area contributed by atoms with Crippen molar-refractivity contribution in [3.8, 4) is 0 Å². The molecule has 1 aliphatic rings. The highest BCUT2D eigenvalue weighted by Gasteiger charge is 2.19. The predicted molar refractivity (Wildman–Crippen MR) is 538 cm³/mol. The Labute approximate surface area is 722 Å². The minimum absolute atomic E-state index is 0. The number of aromatic nitrogens is 8. The van der Waals surface area contributed by atoms with Gasteiger partial charge in [0.15, 0.2) is 0 Å². The molecule has 0 amide bonds. The molecule has 9 nitrogen and oxygen atoms in total. The number of rotatable bonds is 14. The summed E-state index contributed by atoms with van der Waals surface area (Å²) in [5.41, 5.74) is 26.0. The van der Waals surface area contributed by atoms with Crippen molar-refractivity contribution in [3.05, 3.63) is 217 Å². The zero-order chi connectivity index (χ0) is 85.4. The van der Waals surface area contributed by atoms with Gasteiger partial charge < -0.3 is 0 Å². The summed E-state index contributed by atoms with van der Waals surface area (Å²) < 4.78 is 0. The molecule has 3 N–H and O–H groups in total. The van der Waals surface area contributed by atoms with E-state index in [4.69, 9.17) is 0 Å². The minimum Gasteiger partial charge on any atom is -0.288 e. The fraction of sp³-hybridized carbons (Fsp3) is 0.589. The fourth-order valence-corrected chi connectivity index (χ4v) is 13.0. The first kappa shape index (κ1) is 127. The van der Waals surface area contributed by atoms with Crippen molar-refractivity contribution in [1.82, 2.24) is 40.6 Å². The zero-order valence-corrected chi connectivity index (χ0v) is 78.7. The third-order valence-corrected chi connectivity index (χ3v) is 18.1. The molecule has 0 bridgehead atoms. The number of fused-ring (bicyclic) bond motifs is 4. The highest BCUT2D eigenvalue weighted by Crippen LogP contribution is 2.36.